The van der Waals surface area contributed by atoms with Crippen LogP contribution < -0.4 is 0 Å². The van der Waals surface area contributed by atoms with Crippen LogP contribution in [-0.4, -0.2) is 38.9 Å². The number of ether oxygens (including phenoxy) is 3. The number of rotatable bonds is 19. The van der Waals surface area contributed by atoms with Gasteiger partial charge in [-0.15, -0.1) is 0 Å². The molecule has 1 saturated carbocycles. The van der Waals surface area contributed by atoms with Gasteiger partial charge in [0.25, 0.3) is 0 Å². The van der Waals surface area contributed by atoms with E-state index in [1.54, 1.807) is 7.11 Å². The Balaban J connectivity index is 2.18. The van der Waals surface area contributed by atoms with E-state index in [0.717, 1.165) is 58.0 Å². The summed E-state index contributed by atoms with van der Waals surface area (Å²) in [4.78, 5) is 25.2. The van der Waals surface area contributed by atoms with Crippen molar-refractivity contribution in [1.82, 2.24) is 0 Å². The second kappa shape index (κ2) is 19.4. The summed E-state index contributed by atoms with van der Waals surface area (Å²) in [5, 5.41) is 0. The molecule has 1 fully saturated rings. The van der Waals surface area contributed by atoms with E-state index in [0.29, 0.717) is 19.1 Å². The Morgan fingerprint density at radius 3 is 1.72 bits per heavy atom. The van der Waals surface area contributed by atoms with Crippen molar-refractivity contribution in [2.75, 3.05) is 26.9 Å². The Morgan fingerprint density at radius 1 is 0.719 bits per heavy atom. The molecule has 0 saturated heterocycles. The van der Waals surface area contributed by atoms with E-state index in [2.05, 4.69) is 13.8 Å². The van der Waals surface area contributed by atoms with Crippen LogP contribution in [0.5, 0.6) is 0 Å². The Labute approximate surface area is 197 Å². The highest BCUT2D eigenvalue weighted by molar-refractivity contribution is 5.82. The number of unbranched alkanes of at least 4 members (excludes halogenated alkanes) is 9. The predicted octanol–water partition coefficient (Wildman–Crippen LogP) is 6.86. The van der Waals surface area contributed by atoms with Crippen molar-refractivity contribution < 1.29 is 23.8 Å². The molecule has 0 spiro atoms. The van der Waals surface area contributed by atoms with Gasteiger partial charge in [0.2, 0.25) is 0 Å². The molecule has 0 N–H and O–H groups in total. The number of hydrogen-bond acceptors (Lipinski definition) is 5. The number of hydrogen-bond donors (Lipinski definition) is 0. The molecular weight excluding hydrogens is 404 g/mol. The van der Waals surface area contributed by atoms with Gasteiger partial charge in [-0.1, -0.05) is 84.5 Å². The van der Waals surface area contributed by atoms with Crippen molar-refractivity contribution in [2.24, 2.45) is 17.8 Å². The van der Waals surface area contributed by atoms with E-state index < -0.39 is 0 Å². The van der Waals surface area contributed by atoms with Gasteiger partial charge in [-0.25, -0.2) is 0 Å². The van der Waals surface area contributed by atoms with E-state index in [4.69, 9.17) is 14.2 Å². The first-order chi connectivity index (χ1) is 15.6. The predicted molar refractivity (Wildman–Crippen MR) is 129 cm³/mol. The van der Waals surface area contributed by atoms with Gasteiger partial charge in [0, 0.05) is 13.7 Å². The zero-order chi connectivity index (χ0) is 23.4. The van der Waals surface area contributed by atoms with E-state index in [9.17, 15) is 9.59 Å². The molecule has 0 aliphatic heterocycles. The molecule has 0 aromatic heterocycles. The summed E-state index contributed by atoms with van der Waals surface area (Å²) in [6, 6.07) is 0. The molecule has 0 radical (unpaired) electrons. The van der Waals surface area contributed by atoms with Gasteiger partial charge in [-0.05, 0) is 38.0 Å². The van der Waals surface area contributed by atoms with Gasteiger partial charge in [-0.3, -0.25) is 9.59 Å². The highest BCUT2D eigenvalue weighted by atomic mass is 16.5. The molecule has 3 unspecified atom stereocenters. The molecule has 188 valence electrons. The second-order valence-electron chi connectivity index (χ2n) is 9.69. The molecule has 32 heavy (non-hydrogen) atoms. The molecule has 1 rings (SSSR count). The van der Waals surface area contributed by atoms with Crippen molar-refractivity contribution in [3.63, 3.8) is 0 Å². The van der Waals surface area contributed by atoms with Crippen molar-refractivity contribution in [1.29, 1.82) is 0 Å². The SMILES string of the molecule is CCCCCCCCCCCCOC(=O)C1CCCCC1C(=O)OCCC(C)CCOC. The summed E-state index contributed by atoms with van der Waals surface area (Å²) in [7, 11) is 1.70. The molecule has 3 atom stereocenters. The van der Waals surface area contributed by atoms with Crippen LogP contribution in [-0.2, 0) is 23.8 Å². The van der Waals surface area contributed by atoms with Crippen molar-refractivity contribution >= 4 is 11.9 Å². The van der Waals surface area contributed by atoms with Crippen LogP contribution in [0, 0.1) is 17.8 Å². The van der Waals surface area contributed by atoms with Crippen molar-refractivity contribution in [3.8, 4) is 0 Å². The van der Waals surface area contributed by atoms with E-state index >= 15 is 0 Å². The van der Waals surface area contributed by atoms with E-state index in [1.807, 2.05) is 0 Å². The van der Waals surface area contributed by atoms with Crippen LogP contribution in [0.15, 0.2) is 0 Å². The number of carbonyl (C=O) groups excluding carboxylic acids is 2. The molecule has 0 aromatic carbocycles. The third-order valence-electron chi connectivity index (χ3n) is 6.78. The summed E-state index contributed by atoms with van der Waals surface area (Å²) >= 11 is 0. The minimum atomic E-state index is -0.335. The van der Waals surface area contributed by atoms with Crippen LogP contribution in [0.1, 0.15) is 117 Å². The zero-order valence-electron chi connectivity index (χ0n) is 21.2. The monoisotopic (exact) mass is 454 g/mol. The Kier molecular flexibility index (Phi) is 17.5. The molecule has 1 aliphatic carbocycles. The Bertz CT molecular complexity index is 479. The first-order valence-corrected chi connectivity index (χ1v) is 13.4. The van der Waals surface area contributed by atoms with Gasteiger partial charge < -0.3 is 14.2 Å². The summed E-state index contributed by atoms with van der Waals surface area (Å²) in [6.07, 6.45) is 17.8. The standard InChI is InChI=1S/C27H50O5/c1-4-5-6-7-8-9-10-11-12-15-20-31-26(28)24-16-13-14-17-25(24)27(29)32-22-19-23(2)18-21-30-3/h23-25H,4-22H2,1-3H3. The highest BCUT2D eigenvalue weighted by Crippen LogP contribution is 2.32. The summed E-state index contributed by atoms with van der Waals surface area (Å²) in [6.45, 7) is 6.01. The van der Waals surface area contributed by atoms with E-state index in [1.165, 1.54) is 51.4 Å². The first-order valence-electron chi connectivity index (χ1n) is 13.4. The fraction of sp³-hybridized carbons (Fsp3) is 0.926. The average molecular weight is 455 g/mol. The van der Waals surface area contributed by atoms with Crippen LogP contribution in [0.3, 0.4) is 0 Å². The number of methoxy groups -OCH3 is 1. The zero-order valence-corrected chi connectivity index (χ0v) is 21.2. The average Bonchev–Trinajstić information content (AvgIpc) is 2.81. The molecular formula is C27H50O5. The van der Waals surface area contributed by atoms with Crippen LogP contribution in [0.25, 0.3) is 0 Å². The summed E-state index contributed by atoms with van der Waals surface area (Å²) in [5.41, 5.74) is 0. The lowest BCUT2D eigenvalue weighted by Crippen LogP contribution is -2.35. The lowest BCUT2D eigenvalue weighted by Gasteiger charge is -2.28. The number of carbonyl (C=O) groups is 2. The maximum absolute atomic E-state index is 12.6. The maximum atomic E-state index is 12.6. The van der Waals surface area contributed by atoms with Crippen molar-refractivity contribution in [3.05, 3.63) is 0 Å². The molecule has 5 heteroatoms. The molecule has 1 aliphatic rings. The molecule has 0 amide bonds. The summed E-state index contributed by atoms with van der Waals surface area (Å²) < 4.78 is 16.2. The van der Waals surface area contributed by atoms with Gasteiger partial charge >= 0.3 is 11.9 Å². The minimum Gasteiger partial charge on any atom is -0.465 e. The highest BCUT2D eigenvalue weighted by Gasteiger charge is 2.37. The first kappa shape index (κ1) is 28.9. The third kappa shape index (κ3) is 13.4. The fourth-order valence-electron chi connectivity index (χ4n) is 4.50. The fourth-order valence-corrected chi connectivity index (χ4v) is 4.50. The molecule has 0 aromatic rings. The second-order valence-corrected chi connectivity index (χ2v) is 9.69. The lowest BCUT2D eigenvalue weighted by molar-refractivity contribution is -0.163. The van der Waals surface area contributed by atoms with Gasteiger partial charge in [0.1, 0.15) is 0 Å². The maximum Gasteiger partial charge on any atom is 0.309 e. The van der Waals surface area contributed by atoms with Gasteiger partial charge in [0.05, 0.1) is 25.0 Å². The lowest BCUT2D eigenvalue weighted by atomic mass is 9.79. The van der Waals surface area contributed by atoms with Crippen LogP contribution >= 0.6 is 0 Å². The van der Waals surface area contributed by atoms with Gasteiger partial charge in [-0.2, -0.15) is 0 Å². The molecule has 5 nitrogen and oxygen atoms in total. The molecule has 0 heterocycles. The smallest absolute Gasteiger partial charge is 0.309 e. The third-order valence-corrected chi connectivity index (χ3v) is 6.78. The van der Waals surface area contributed by atoms with Crippen molar-refractivity contribution in [2.45, 2.75) is 117 Å². The van der Waals surface area contributed by atoms with E-state index in [-0.39, 0.29) is 23.8 Å². The Hall–Kier alpha value is -1.10. The number of esters is 2. The minimum absolute atomic E-state index is 0.198. The summed E-state index contributed by atoms with van der Waals surface area (Å²) in [5.74, 6) is -0.625. The van der Waals surface area contributed by atoms with Crippen LogP contribution in [0.2, 0.25) is 0 Å². The largest absolute Gasteiger partial charge is 0.465 e. The quantitative estimate of drug-likeness (QED) is 0.157. The Morgan fingerprint density at radius 2 is 1.19 bits per heavy atom. The molecule has 0 bridgehead atoms. The van der Waals surface area contributed by atoms with Crippen LogP contribution in [0.4, 0.5) is 0 Å². The van der Waals surface area contributed by atoms with Gasteiger partial charge in [0.15, 0.2) is 0 Å². The normalized spacial score (nSPS) is 19.5. The topological polar surface area (TPSA) is 61.8 Å².